The minimum Gasteiger partial charge on any atom is -0.309 e. The Labute approximate surface area is 92.1 Å². The molecule has 0 aliphatic heterocycles. The Morgan fingerprint density at radius 3 is 2.47 bits per heavy atom. The van der Waals surface area contributed by atoms with Crippen LogP contribution in [0.2, 0.25) is 0 Å². The lowest BCUT2D eigenvalue weighted by Gasteiger charge is -2.21. The van der Waals surface area contributed by atoms with Gasteiger partial charge in [0.2, 0.25) is 0 Å². The van der Waals surface area contributed by atoms with E-state index in [1.807, 2.05) is 13.2 Å². The van der Waals surface area contributed by atoms with Crippen molar-refractivity contribution < 1.29 is 0 Å². The first-order chi connectivity index (χ1) is 6.98. The third-order valence-electron chi connectivity index (χ3n) is 3.34. The molecule has 0 radical (unpaired) electrons. The zero-order valence-electron chi connectivity index (χ0n) is 10.1. The van der Waals surface area contributed by atoms with Gasteiger partial charge in [0.05, 0.1) is 11.2 Å². The molecule has 1 N–H and O–H groups in total. The van der Waals surface area contributed by atoms with Gasteiger partial charge in [-0.1, -0.05) is 20.8 Å². The van der Waals surface area contributed by atoms with Gasteiger partial charge in [0, 0.05) is 6.20 Å². The van der Waals surface area contributed by atoms with E-state index in [1.54, 1.807) is 0 Å². The normalized spacial score (nSPS) is 18.9. The summed E-state index contributed by atoms with van der Waals surface area (Å²) in [7, 11) is 2.03. The molecule has 0 spiro atoms. The topological polar surface area (TPSA) is 24.9 Å². The Morgan fingerprint density at radius 2 is 2.00 bits per heavy atom. The van der Waals surface area contributed by atoms with Crippen LogP contribution in [-0.4, -0.2) is 12.0 Å². The molecule has 0 aromatic carbocycles. The van der Waals surface area contributed by atoms with Gasteiger partial charge in [-0.25, -0.2) is 0 Å². The fourth-order valence-electron chi connectivity index (χ4n) is 1.92. The molecule has 1 heterocycles. The SMILES string of the molecule is CNC1(c2cc(C(C)(C)C)ccn2)CC1. The maximum Gasteiger partial charge on any atom is 0.0608 e. The summed E-state index contributed by atoms with van der Waals surface area (Å²) in [4.78, 5) is 4.50. The molecule has 0 amide bonds. The molecule has 2 heteroatoms. The highest BCUT2D eigenvalue weighted by Crippen LogP contribution is 2.44. The van der Waals surface area contributed by atoms with Crippen LogP contribution < -0.4 is 5.32 Å². The van der Waals surface area contributed by atoms with Crippen LogP contribution >= 0.6 is 0 Å². The Balaban J connectivity index is 2.35. The van der Waals surface area contributed by atoms with Crippen LogP contribution in [0, 0.1) is 0 Å². The van der Waals surface area contributed by atoms with Gasteiger partial charge in [-0.05, 0) is 43.0 Å². The quantitative estimate of drug-likeness (QED) is 0.801. The standard InChI is InChI=1S/C13H20N2/c1-12(2,3)10-5-8-15-11(9-10)13(14-4)6-7-13/h5,8-9,14H,6-7H2,1-4H3. The predicted molar refractivity (Wildman–Crippen MR) is 62.9 cm³/mol. The summed E-state index contributed by atoms with van der Waals surface area (Å²) in [6.45, 7) is 6.72. The average molecular weight is 204 g/mol. The van der Waals surface area contributed by atoms with Crippen molar-refractivity contribution in [3.63, 3.8) is 0 Å². The van der Waals surface area contributed by atoms with Crippen LogP contribution in [0.15, 0.2) is 18.3 Å². The van der Waals surface area contributed by atoms with Gasteiger partial charge in [0.15, 0.2) is 0 Å². The molecule has 0 bridgehead atoms. The van der Waals surface area contributed by atoms with E-state index >= 15 is 0 Å². The first kappa shape index (κ1) is 10.6. The highest BCUT2D eigenvalue weighted by atomic mass is 15.0. The fourth-order valence-corrected chi connectivity index (χ4v) is 1.92. The van der Waals surface area contributed by atoms with Crippen LogP contribution in [0.5, 0.6) is 0 Å². The number of nitrogens with zero attached hydrogens (tertiary/aromatic N) is 1. The van der Waals surface area contributed by atoms with Gasteiger partial charge in [-0.2, -0.15) is 0 Å². The molecule has 1 saturated carbocycles. The van der Waals surface area contributed by atoms with Crippen LogP contribution in [0.25, 0.3) is 0 Å². The van der Waals surface area contributed by atoms with Crippen molar-refractivity contribution in [1.29, 1.82) is 0 Å². The summed E-state index contributed by atoms with van der Waals surface area (Å²) >= 11 is 0. The van der Waals surface area contributed by atoms with Crippen molar-refractivity contribution in [1.82, 2.24) is 10.3 Å². The monoisotopic (exact) mass is 204 g/mol. The lowest BCUT2D eigenvalue weighted by Crippen LogP contribution is -2.26. The molecule has 2 rings (SSSR count). The van der Waals surface area contributed by atoms with E-state index in [4.69, 9.17) is 0 Å². The molecule has 15 heavy (non-hydrogen) atoms. The molecule has 1 aliphatic carbocycles. The lowest BCUT2D eigenvalue weighted by molar-refractivity contribution is 0.553. The Hall–Kier alpha value is -0.890. The number of pyridine rings is 1. The molecule has 1 aromatic rings. The molecule has 0 unspecified atom stereocenters. The lowest BCUT2D eigenvalue weighted by atomic mass is 9.87. The molecule has 1 fully saturated rings. The number of aromatic nitrogens is 1. The van der Waals surface area contributed by atoms with Crippen LogP contribution in [0.1, 0.15) is 44.9 Å². The number of hydrogen-bond acceptors (Lipinski definition) is 2. The van der Waals surface area contributed by atoms with Crippen molar-refractivity contribution in [3.05, 3.63) is 29.6 Å². The predicted octanol–water partition coefficient (Wildman–Crippen LogP) is 2.59. The average Bonchev–Trinajstić information content (AvgIpc) is 2.97. The van der Waals surface area contributed by atoms with Crippen molar-refractivity contribution in [2.75, 3.05) is 7.05 Å². The highest BCUT2D eigenvalue weighted by molar-refractivity contribution is 5.30. The Kier molecular flexibility index (Phi) is 2.34. The van der Waals surface area contributed by atoms with Gasteiger partial charge in [0.25, 0.3) is 0 Å². The molecule has 1 aliphatic rings. The van der Waals surface area contributed by atoms with Crippen LogP contribution in [-0.2, 0) is 11.0 Å². The maximum atomic E-state index is 4.50. The molecule has 2 nitrogen and oxygen atoms in total. The Morgan fingerprint density at radius 1 is 1.33 bits per heavy atom. The highest BCUT2D eigenvalue weighted by Gasteiger charge is 2.44. The summed E-state index contributed by atoms with van der Waals surface area (Å²) < 4.78 is 0. The molecule has 0 saturated heterocycles. The van der Waals surface area contributed by atoms with E-state index < -0.39 is 0 Å². The molecular weight excluding hydrogens is 184 g/mol. The van der Waals surface area contributed by atoms with Crippen molar-refractivity contribution in [2.24, 2.45) is 0 Å². The van der Waals surface area contributed by atoms with E-state index in [0.29, 0.717) is 0 Å². The van der Waals surface area contributed by atoms with Crippen LogP contribution in [0.4, 0.5) is 0 Å². The van der Waals surface area contributed by atoms with Crippen molar-refractivity contribution >= 4 is 0 Å². The number of rotatable bonds is 2. The smallest absolute Gasteiger partial charge is 0.0608 e. The second-order valence-electron chi connectivity index (χ2n) is 5.51. The zero-order chi connectivity index (χ0) is 11.1. The molecular formula is C13H20N2. The molecule has 1 aromatic heterocycles. The first-order valence-electron chi connectivity index (χ1n) is 5.64. The van der Waals surface area contributed by atoms with E-state index in [2.05, 4.69) is 43.2 Å². The minimum absolute atomic E-state index is 0.182. The van der Waals surface area contributed by atoms with Gasteiger partial charge in [-0.15, -0.1) is 0 Å². The molecule has 82 valence electrons. The van der Waals surface area contributed by atoms with Crippen molar-refractivity contribution in [3.8, 4) is 0 Å². The number of hydrogen-bond donors (Lipinski definition) is 1. The third-order valence-corrected chi connectivity index (χ3v) is 3.34. The second kappa shape index (κ2) is 3.31. The van der Waals surface area contributed by atoms with Crippen LogP contribution in [0.3, 0.4) is 0 Å². The fraction of sp³-hybridized carbons (Fsp3) is 0.615. The zero-order valence-corrected chi connectivity index (χ0v) is 10.1. The van der Waals surface area contributed by atoms with Gasteiger partial charge in [0.1, 0.15) is 0 Å². The van der Waals surface area contributed by atoms with Crippen molar-refractivity contribution in [2.45, 2.75) is 44.6 Å². The molecule has 0 atom stereocenters. The second-order valence-corrected chi connectivity index (χ2v) is 5.51. The van der Waals surface area contributed by atoms with E-state index in [9.17, 15) is 0 Å². The minimum atomic E-state index is 0.182. The number of nitrogens with one attached hydrogen (secondary N) is 1. The summed E-state index contributed by atoms with van der Waals surface area (Å²) in [5.41, 5.74) is 2.97. The van der Waals surface area contributed by atoms with Gasteiger partial charge < -0.3 is 5.32 Å². The largest absolute Gasteiger partial charge is 0.309 e. The third kappa shape index (κ3) is 1.91. The summed E-state index contributed by atoms with van der Waals surface area (Å²) in [6.07, 6.45) is 4.36. The van der Waals surface area contributed by atoms with E-state index in [1.165, 1.54) is 24.1 Å². The first-order valence-corrected chi connectivity index (χ1v) is 5.64. The van der Waals surface area contributed by atoms with Gasteiger partial charge >= 0.3 is 0 Å². The van der Waals surface area contributed by atoms with E-state index in [-0.39, 0.29) is 11.0 Å². The summed E-state index contributed by atoms with van der Waals surface area (Å²) in [6, 6.07) is 4.37. The van der Waals surface area contributed by atoms with Gasteiger partial charge in [-0.3, -0.25) is 4.98 Å². The maximum absolute atomic E-state index is 4.50. The van der Waals surface area contributed by atoms with E-state index in [0.717, 1.165) is 0 Å². The Bertz CT molecular complexity index is 359. The summed E-state index contributed by atoms with van der Waals surface area (Å²) in [5.74, 6) is 0. The summed E-state index contributed by atoms with van der Waals surface area (Å²) in [5, 5.41) is 3.38.